The van der Waals surface area contributed by atoms with Crippen LogP contribution in [0.15, 0.2) is 24.3 Å². The van der Waals surface area contributed by atoms with E-state index < -0.39 is 29.9 Å². The molecule has 0 spiro atoms. The zero-order valence-corrected chi connectivity index (χ0v) is 27.6. The SMILES string of the molecule is CCCCC/C=C\C/C=C\CCCCCCCC(=O)C(O)(C(=O)CCCCCCCCCCCCCCC)C(O)CO. The molecule has 0 aromatic carbocycles. The number of hydrogen-bond acceptors (Lipinski definition) is 5. The van der Waals surface area contributed by atoms with Gasteiger partial charge in [-0.05, 0) is 44.9 Å². The molecule has 246 valence electrons. The zero-order chi connectivity index (χ0) is 31.2. The lowest BCUT2D eigenvalue weighted by Gasteiger charge is -2.29. The van der Waals surface area contributed by atoms with Crippen LogP contribution in [0.4, 0.5) is 0 Å². The maximum atomic E-state index is 12.8. The van der Waals surface area contributed by atoms with E-state index in [1.54, 1.807) is 0 Å². The third-order valence-electron chi connectivity index (χ3n) is 8.37. The van der Waals surface area contributed by atoms with Crippen molar-refractivity contribution in [3.8, 4) is 0 Å². The van der Waals surface area contributed by atoms with Gasteiger partial charge >= 0.3 is 0 Å². The summed E-state index contributed by atoms with van der Waals surface area (Å²) in [6.45, 7) is 3.66. The third kappa shape index (κ3) is 21.4. The molecule has 42 heavy (non-hydrogen) atoms. The number of ketones is 2. The smallest absolute Gasteiger partial charge is 0.209 e. The Morgan fingerprint density at radius 3 is 1.29 bits per heavy atom. The average molecular weight is 593 g/mol. The highest BCUT2D eigenvalue weighted by Gasteiger charge is 2.48. The Kier molecular flexibility index (Phi) is 28.8. The van der Waals surface area contributed by atoms with Crippen LogP contribution in [-0.4, -0.2) is 45.2 Å². The summed E-state index contributed by atoms with van der Waals surface area (Å²) in [6.07, 6.45) is 34.4. The van der Waals surface area contributed by atoms with Gasteiger partial charge in [-0.25, -0.2) is 0 Å². The molecular formula is C37H68O5. The first kappa shape index (κ1) is 40.7. The minimum absolute atomic E-state index is 0.0440. The van der Waals surface area contributed by atoms with Crippen molar-refractivity contribution in [3.63, 3.8) is 0 Å². The predicted molar refractivity (Wildman–Crippen MR) is 178 cm³/mol. The largest absolute Gasteiger partial charge is 0.394 e. The molecule has 0 fully saturated rings. The Bertz CT molecular complexity index is 686. The van der Waals surface area contributed by atoms with Crippen LogP contribution in [-0.2, 0) is 9.59 Å². The van der Waals surface area contributed by atoms with Gasteiger partial charge in [0.25, 0.3) is 0 Å². The van der Waals surface area contributed by atoms with Crippen molar-refractivity contribution in [2.75, 3.05) is 6.61 Å². The molecule has 2 unspecified atom stereocenters. The van der Waals surface area contributed by atoms with Crippen LogP contribution >= 0.6 is 0 Å². The number of aliphatic hydroxyl groups excluding tert-OH is 2. The topological polar surface area (TPSA) is 94.8 Å². The molecule has 5 heteroatoms. The van der Waals surface area contributed by atoms with Gasteiger partial charge in [0, 0.05) is 12.8 Å². The molecule has 0 rings (SSSR count). The van der Waals surface area contributed by atoms with Gasteiger partial charge in [0.05, 0.1) is 6.61 Å². The molecule has 0 aliphatic rings. The zero-order valence-electron chi connectivity index (χ0n) is 27.6. The Balaban J connectivity index is 4.05. The van der Waals surface area contributed by atoms with Crippen molar-refractivity contribution in [2.45, 2.75) is 192 Å². The maximum absolute atomic E-state index is 12.8. The molecule has 0 saturated carbocycles. The molecule has 0 amide bonds. The van der Waals surface area contributed by atoms with Crippen LogP contribution in [0.5, 0.6) is 0 Å². The second kappa shape index (κ2) is 29.8. The Hall–Kier alpha value is -1.30. The number of Topliss-reactive ketones (excluding diaryl/α,β-unsaturated/α-hetero) is 2. The van der Waals surface area contributed by atoms with E-state index in [-0.39, 0.29) is 12.8 Å². The monoisotopic (exact) mass is 593 g/mol. The van der Waals surface area contributed by atoms with Crippen LogP contribution in [0, 0.1) is 0 Å². The van der Waals surface area contributed by atoms with Gasteiger partial charge in [0.2, 0.25) is 5.60 Å². The number of hydrogen-bond donors (Lipinski definition) is 3. The van der Waals surface area contributed by atoms with Gasteiger partial charge < -0.3 is 15.3 Å². The summed E-state index contributed by atoms with van der Waals surface area (Å²) in [5.41, 5.74) is -2.48. The normalized spacial score (nSPS) is 14.1. The molecular weight excluding hydrogens is 524 g/mol. The van der Waals surface area contributed by atoms with Crippen LogP contribution in [0.2, 0.25) is 0 Å². The van der Waals surface area contributed by atoms with E-state index >= 15 is 0 Å². The summed E-state index contributed by atoms with van der Waals surface area (Å²) in [4.78, 5) is 25.6. The maximum Gasteiger partial charge on any atom is 0.209 e. The van der Waals surface area contributed by atoms with Crippen LogP contribution in [0.25, 0.3) is 0 Å². The summed E-state index contributed by atoms with van der Waals surface area (Å²) < 4.78 is 0. The van der Waals surface area contributed by atoms with E-state index in [1.165, 1.54) is 83.5 Å². The predicted octanol–water partition coefficient (Wildman–Crippen LogP) is 9.50. The minimum Gasteiger partial charge on any atom is -0.394 e. The van der Waals surface area contributed by atoms with E-state index in [0.29, 0.717) is 12.8 Å². The Morgan fingerprint density at radius 1 is 0.548 bits per heavy atom. The van der Waals surface area contributed by atoms with Gasteiger partial charge in [0.15, 0.2) is 11.6 Å². The van der Waals surface area contributed by atoms with Gasteiger partial charge in [0.1, 0.15) is 6.10 Å². The molecule has 0 saturated heterocycles. The molecule has 2 atom stereocenters. The molecule has 0 aliphatic heterocycles. The van der Waals surface area contributed by atoms with Crippen LogP contribution in [0.1, 0.15) is 181 Å². The lowest BCUT2D eigenvalue weighted by atomic mass is 9.82. The van der Waals surface area contributed by atoms with Gasteiger partial charge in [-0.1, -0.05) is 147 Å². The number of aliphatic hydroxyl groups is 3. The van der Waals surface area contributed by atoms with Crippen LogP contribution in [0.3, 0.4) is 0 Å². The Morgan fingerprint density at radius 2 is 0.881 bits per heavy atom. The lowest BCUT2D eigenvalue weighted by Crippen LogP contribution is -2.57. The van der Waals surface area contributed by atoms with Crippen molar-refractivity contribution in [1.29, 1.82) is 0 Å². The van der Waals surface area contributed by atoms with E-state index in [1.807, 2.05) is 0 Å². The molecule has 0 aromatic heterocycles. The molecule has 0 heterocycles. The fourth-order valence-electron chi connectivity index (χ4n) is 5.44. The fraction of sp³-hybridized carbons (Fsp3) is 0.838. The van der Waals surface area contributed by atoms with Crippen molar-refractivity contribution < 1.29 is 24.9 Å². The second-order valence-electron chi connectivity index (χ2n) is 12.3. The number of carbonyl (C=O) groups excluding carboxylic acids is 2. The van der Waals surface area contributed by atoms with Crippen molar-refractivity contribution in [2.24, 2.45) is 0 Å². The fourth-order valence-corrected chi connectivity index (χ4v) is 5.44. The minimum atomic E-state index is -2.48. The highest BCUT2D eigenvalue weighted by atomic mass is 16.4. The molecule has 5 nitrogen and oxygen atoms in total. The van der Waals surface area contributed by atoms with Crippen molar-refractivity contribution in [3.05, 3.63) is 24.3 Å². The first-order valence-electron chi connectivity index (χ1n) is 17.8. The van der Waals surface area contributed by atoms with E-state index in [0.717, 1.165) is 57.8 Å². The highest BCUT2D eigenvalue weighted by Crippen LogP contribution is 2.22. The van der Waals surface area contributed by atoms with E-state index in [9.17, 15) is 24.9 Å². The lowest BCUT2D eigenvalue weighted by molar-refractivity contribution is -0.166. The summed E-state index contributed by atoms with van der Waals surface area (Å²) in [6, 6.07) is 0. The molecule has 0 aromatic rings. The standard InChI is InChI=1S/C37H68O5/c1-3-5-7-9-11-13-15-17-18-20-22-24-26-28-30-32-35(40)37(42,36(41)33-38)34(39)31-29-27-25-23-21-19-16-14-12-10-8-6-4-2/h11,13,17-18,36,38,41-42H,3-10,12,14-16,19-33H2,1-2H3/b13-11-,18-17-. The van der Waals surface area contributed by atoms with Crippen molar-refractivity contribution >= 4 is 11.6 Å². The second-order valence-corrected chi connectivity index (χ2v) is 12.3. The molecule has 0 radical (unpaired) electrons. The van der Waals surface area contributed by atoms with Gasteiger partial charge in [-0.2, -0.15) is 0 Å². The van der Waals surface area contributed by atoms with Crippen molar-refractivity contribution in [1.82, 2.24) is 0 Å². The summed E-state index contributed by atoms with van der Waals surface area (Å²) in [7, 11) is 0. The quantitative estimate of drug-likeness (QED) is 0.0411. The first-order chi connectivity index (χ1) is 20.4. The van der Waals surface area contributed by atoms with E-state index in [4.69, 9.17) is 0 Å². The van der Waals surface area contributed by atoms with Gasteiger partial charge in [-0.15, -0.1) is 0 Å². The number of rotatable bonds is 32. The van der Waals surface area contributed by atoms with Crippen LogP contribution < -0.4 is 0 Å². The Labute approximate surface area is 259 Å². The average Bonchev–Trinajstić information content (AvgIpc) is 3.00. The first-order valence-corrected chi connectivity index (χ1v) is 17.8. The molecule has 0 aliphatic carbocycles. The number of unbranched alkanes of at least 4 members (excludes halogenated alkanes) is 20. The summed E-state index contributed by atoms with van der Waals surface area (Å²) in [5.74, 6) is -1.31. The summed E-state index contributed by atoms with van der Waals surface area (Å²) >= 11 is 0. The third-order valence-corrected chi connectivity index (χ3v) is 8.37. The highest BCUT2D eigenvalue weighted by molar-refractivity contribution is 6.10. The van der Waals surface area contributed by atoms with E-state index in [2.05, 4.69) is 38.2 Å². The molecule has 3 N–H and O–H groups in total. The summed E-state index contributed by atoms with van der Waals surface area (Å²) in [5, 5.41) is 30.5. The molecule has 0 bridgehead atoms. The number of carbonyl (C=O) groups is 2. The number of allylic oxidation sites excluding steroid dienone is 4. The van der Waals surface area contributed by atoms with Gasteiger partial charge in [-0.3, -0.25) is 9.59 Å².